The monoisotopic (exact) mass is 330 g/mol. The number of hydrogen-bond donors (Lipinski definition) is 1. The van der Waals surface area contributed by atoms with Crippen molar-refractivity contribution in [1.82, 2.24) is 9.29 Å². The van der Waals surface area contributed by atoms with Crippen molar-refractivity contribution in [3.63, 3.8) is 0 Å². The van der Waals surface area contributed by atoms with Crippen LogP contribution in [-0.2, 0) is 10.0 Å². The van der Waals surface area contributed by atoms with Gasteiger partial charge in [0.1, 0.15) is 5.76 Å². The van der Waals surface area contributed by atoms with Crippen LogP contribution in [0.2, 0.25) is 0 Å². The van der Waals surface area contributed by atoms with Gasteiger partial charge in [-0.2, -0.15) is 0 Å². The van der Waals surface area contributed by atoms with Crippen LogP contribution in [0.5, 0.6) is 0 Å². The number of sulfonamides is 1. The zero-order chi connectivity index (χ0) is 16.3. The quantitative estimate of drug-likeness (QED) is 0.855. The van der Waals surface area contributed by atoms with E-state index in [1.165, 1.54) is 4.31 Å². The van der Waals surface area contributed by atoms with Gasteiger partial charge in [-0.15, -0.1) is 0 Å². The van der Waals surface area contributed by atoms with Crippen LogP contribution in [0.4, 0.5) is 0 Å². The molecule has 8 heteroatoms. The molecule has 22 heavy (non-hydrogen) atoms. The maximum atomic E-state index is 12.3. The van der Waals surface area contributed by atoms with E-state index in [-0.39, 0.29) is 17.4 Å². The summed E-state index contributed by atoms with van der Waals surface area (Å²) in [5.41, 5.74) is -0.0684. The largest absolute Gasteiger partial charge is 0.476 e. The lowest BCUT2D eigenvalue weighted by molar-refractivity contribution is 0.0687. The summed E-state index contributed by atoms with van der Waals surface area (Å²) in [7, 11) is -3.23. The summed E-state index contributed by atoms with van der Waals surface area (Å²) in [5, 5.41) is 9.06. The molecule has 0 saturated carbocycles. The van der Waals surface area contributed by atoms with Crippen LogP contribution in [0.1, 0.15) is 55.3 Å². The molecule has 0 atom stereocenters. The maximum Gasteiger partial charge on any atom is 0.358 e. The second-order valence-corrected chi connectivity index (χ2v) is 8.13. The molecule has 1 aromatic heterocycles. The van der Waals surface area contributed by atoms with Crippen molar-refractivity contribution in [3.8, 4) is 0 Å². The predicted molar refractivity (Wildman–Crippen MR) is 80.3 cm³/mol. The molecule has 2 heterocycles. The number of carboxylic acids is 1. The van der Waals surface area contributed by atoms with Gasteiger partial charge in [0.2, 0.25) is 10.0 Å². The van der Waals surface area contributed by atoms with Crippen LogP contribution < -0.4 is 0 Å². The number of nitrogens with zero attached hydrogens (tertiary/aromatic N) is 2. The van der Waals surface area contributed by atoms with E-state index in [0.717, 1.165) is 6.39 Å². The molecule has 1 aromatic rings. The van der Waals surface area contributed by atoms with E-state index in [9.17, 15) is 13.2 Å². The number of carboxylic acid groups (broad SMARTS) is 1. The molecule has 0 bridgehead atoms. The van der Waals surface area contributed by atoms with Crippen molar-refractivity contribution >= 4 is 16.0 Å². The third kappa shape index (κ3) is 3.86. The topological polar surface area (TPSA) is 101 Å². The third-order valence-corrected chi connectivity index (χ3v) is 5.87. The van der Waals surface area contributed by atoms with E-state index in [2.05, 4.69) is 4.98 Å². The molecule has 1 fully saturated rings. The van der Waals surface area contributed by atoms with Crippen molar-refractivity contribution in [2.24, 2.45) is 5.92 Å². The number of oxazole rings is 1. The SMILES string of the molecule is CC(C)CCS(=O)(=O)N1CCC(c2ocnc2C(=O)O)CC1. The Morgan fingerprint density at radius 1 is 1.45 bits per heavy atom. The zero-order valence-corrected chi connectivity index (χ0v) is 13.7. The van der Waals surface area contributed by atoms with E-state index >= 15 is 0 Å². The average Bonchev–Trinajstić information content (AvgIpc) is 2.95. The number of carbonyl (C=O) groups is 1. The standard InChI is InChI=1S/C14H22N2O5S/c1-10(2)5-8-22(19,20)16-6-3-11(4-7-16)13-12(14(17)18)15-9-21-13/h9-11H,3-8H2,1-2H3,(H,17,18). The van der Waals surface area contributed by atoms with Crippen LogP contribution in [0, 0.1) is 5.92 Å². The zero-order valence-electron chi connectivity index (χ0n) is 12.9. The summed E-state index contributed by atoms with van der Waals surface area (Å²) >= 11 is 0. The Bertz CT molecular complexity index is 615. The first-order chi connectivity index (χ1) is 10.3. The van der Waals surface area contributed by atoms with Crippen LogP contribution in [0.15, 0.2) is 10.8 Å². The fourth-order valence-electron chi connectivity index (χ4n) is 2.62. The number of piperidine rings is 1. The van der Waals surface area contributed by atoms with Gasteiger partial charge >= 0.3 is 5.97 Å². The van der Waals surface area contributed by atoms with Crippen LogP contribution in [-0.4, -0.2) is 47.6 Å². The lowest BCUT2D eigenvalue weighted by atomic mass is 9.94. The van der Waals surface area contributed by atoms with Crippen molar-refractivity contribution in [3.05, 3.63) is 17.8 Å². The molecule has 7 nitrogen and oxygen atoms in total. The molecule has 0 radical (unpaired) electrons. The van der Waals surface area contributed by atoms with E-state index < -0.39 is 16.0 Å². The Morgan fingerprint density at radius 3 is 2.64 bits per heavy atom. The Balaban J connectivity index is 1.98. The fraction of sp³-hybridized carbons (Fsp3) is 0.714. The van der Waals surface area contributed by atoms with E-state index in [4.69, 9.17) is 9.52 Å². The maximum absolute atomic E-state index is 12.3. The highest BCUT2D eigenvalue weighted by Gasteiger charge is 2.32. The van der Waals surface area contributed by atoms with Crippen molar-refractivity contribution in [2.45, 2.75) is 39.0 Å². The normalized spacial score (nSPS) is 18.0. The van der Waals surface area contributed by atoms with Gasteiger partial charge in [-0.1, -0.05) is 13.8 Å². The van der Waals surface area contributed by atoms with E-state index in [1.807, 2.05) is 13.8 Å². The molecule has 1 N–H and O–H groups in total. The second-order valence-electron chi connectivity index (χ2n) is 6.04. The highest BCUT2D eigenvalue weighted by Crippen LogP contribution is 2.31. The van der Waals surface area contributed by atoms with Crippen molar-refractivity contribution < 1.29 is 22.7 Å². The van der Waals surface area contributed by atoms with Crippen LogP contribution in [0.3, 0.4) is 0 Å². The Hall–Kier alpha value is -1.41. The molecule has 0 aliphatic carbocycles. The molecule has 1 aliphatic rings. The first kappa shape index (κ1) is 17.0. The Morgan fingerprint density at radius 2 is 2.09 bits per heavy atom. The van der Waals surface area contributed by atoms with Gasteiger partial charge in [0.05, 0.1) is 5.75 Å². The molecule has 0 unspecified atom stereocenters. The minimum Gasteiger partial charge on any atom is -0.476 e. The minimum atomic E-state index is -3.23. The number of aromatic carboxylic acids is 1. The molecule has 1 aliphatic heterocycles. The molecule has 0 amide bonds. The second kappa shape index (κ2) is 6.78. The van der Waals surface area contributed by atoms with E-state index in [0.29, 0.717) is 44.0 Å². The van der Waals surface area contributed by atoms with Crippen molar-refractivity contribution in [2.75, 3.05) is 18.8 Å². The molecular formula is C14H22N2O5S. The smallest absolute Gasteiger partial charge is 0.358 e. The third-order valence-electron chi connectivity index (χ3n) is 3.97. The van der Waals surface area contributed by atoms with Gasteiger partial charge in [0.15, 0.2) is 12.1 Å². The lowest BCUT2D eigenvalue weighted by Crippen LogP contribution is -2.39. The highest BCUT2D eigenvalue weighted by atomic mass is 32.2. The molecular weight excluding hydrogens is 308 g/mol. The summed E-state index contributed by atoms with van der Waals surface area (Å²) in [5.74, 6) is -0.342. The molecule has 1 saturated heterocycles. The summed E-state index contributed by atoms with van der Waals surface area (Å²) in [4.78, 5) is 14.8. The molecule has 124 valence electrons. The summed E-state index contributed by atoms with van der Waals surface area (Å²) < 4.78 is 31.2. The molecule has 0 aromatic carbocycles. The summed E-state index contributed by atoms with van der Waals surface area (Å²) in [6, 6.07) is 0. The van der Waals surface area contributed by atoms with Gasteiger partial charge < -0.3 is 9.52 Å². The number of rotatable bonds is 6. The minimum absolute atomic E-state index is 0.0684. The highest BCUT2D eigenvalue weighted by molar-refractivity contribution is 7.89. The first-order valence-corrected chi connectivity index (χ1v) is 9.06. The summed E-state index contributed by atoms with van der Waals surface area (Å²) in [6.45, 7) is 4.79. The lowest BCUT2D eigenvalue weighted by Gasteiger charge is -2.30. The van der Waals surface area contributed by atoms with Gasteiger partial charge in [-0.25, -0.2) is 22.5 Å². The first-order valence-electron chi connectivity index (χ1n) is 7.45. The van der Waals surface area contributed by atoms with Gasteiger partial charge in [0, 0.05) is 19.0 Å². The van der Waals surface area contributed by atoms with Crippen LogP contribution >= 0.6 is 0 Å². The predicted octanol–water partition coefficient (Wildman–Crippen LogP) is 1.93. The van der Waals surface area contributed by atoms with Gasteiger partial charge in [-0.05, 0) is 25.2 Å². The number of hydrogen-bond acceptors (Lipinski definition) is 5. The van der Waals surface area contributed by atoms with Gasteiger partial charge in [0.25, 0.3) is 0 Å². The molecule has 2 rings (SSSR count). The van der Waals surface area contributed by atoms with E-state index in [1.54, 1.807) is 0 Å². The molecule has 0 spiro atoms. The van der Waals surface area contributed by atoms with Crippen molar-refractivity contribution in [1.29, 1.82) is 0 Å². The fourth-order valence-corrected chi connectivity index (χ4v) is 4.41. The van der Waals surface area contributed by atoms with Gasteiger partial charge in [-0.3, -0.25) is 0 Å². The van der Waals surface area contributed by atoms with Crippen LogP contribution in [0.25, 0.3) is 0 Å². The summed E-state index contributed by atoms with van der Waals surface area (Å²) in [6.07, 6.45) is 2.88. The Kier molecular flexibility index (Phi) is 5.23. The number of aromatic nitrogens is 1. The average molecular weight is 330 g/mol. The Labute approximate surface area is 130 Å².